The first-order valence-corrected chi connectivity index (χ1v) is 18.8. The summed E-state index contributed by atoms with van der Waals surface area (Å²) in [4.78, 5) is 48.9. The molecule has 59 heavy (non-hydrogen) atoms. The number of nitrogens with one attached hydrogen (secondary N) is 2. The van der Waals surface area contributed by atoms with Crippen molar-refractivity contribution in [3.8, 4) is 17.1 Å². The van der Waals surface area contributed by atoms with Crippen LogP contribution in [-0.2, 0) is 41.9 Å². The highest BCUT2D eigenvalue weighted by Crippen LogP contribution is 2.46. The zero-order chi connectivity index (χ0) is 41.5. The number of hydrogen-bond acceptors (Lipinski definition) is 12. The molecule has 15 nitrogen and oxygen atoms in total. The Hall–Kier alpha value is -6.85. The SMILES string of the molecule is CC[C@@]1(O)C(=O)OCc2c1cc1n(c2=O)Cc2cc3c(CN(C)C)c(O)ccc3nc2-1.Cn1ncnc1[C@H]1c2n[nH]c(=O)c3cc(F)cc(c23)N[C@@H]1c1ccc(F)cc1. The fraction of sp³-hybridized carbons (Fsp3) is 0.262. The largest absolute Gasteiger partial charge is 0.508 e. The van der Waals surface area contributed by atoms with Gasteiger partial charge in [0.15, 0.2) is 5.60 Å². The van der Waals surface area contributed by atoms with E-state index in [1.165, 1.54) is 30.6 Å². The number of benzene rings is 3. The number of nitrogens with zero attached hydrogens (tertiary/aromatic N) is 7. The Morgan fingerprint density at radius 1 is 1.02 bits per heavy atom. The van der Waals surface area contributed by atoms with Crippen molar-refractivity contribution in [3.63, 3.8) is 0 Å². The zero-order valence-electron chi connectivity index (χ0n) is 32.2. The van der Waals surface area contributed by atoms with Crippen molar-refractivity contribution < 1.29 is 28.5 Å². The van der Waals surface area contributed by atoms with E-state index in [9.17, 15) is 33.4 Å². The number of anilines is 1. The molecule has 0 aliphatic carbocycles. The Bertz CT molecular complexity index is 3000. The minimum absolute atomic E-state index is 0.104. The van der Waals surface area contributed by atoms with Crippen LogP contribution >= 0.6 is 0 Å². The van der Waals surface area contributed by atoms with Crippen LogP contribution in [0.25, 0.3) is 33.1 Å². The van der Waals surface area contributed by atoms with E-state index in [0.29, 0.717) is 63.7 Å². The normalized spacial score (nSPS) is 18.8. The van der Waals surface area contributed by atoms with Gasteiger partial charge in [0.25, 0.3) is 11.1 Å². The lowest BCUT2D eigenvalue weighted by atomic mass is 9.83. The van der Waals surface area contributed by atoms with E-state index in [1.54, 1.807) is 53.6 Å². The average molecular weight is 802 g/mol. The Morgan fingerprint density at radius 2 is 1.80 bits per heavy atom. The molecule has 0 radical (unpaired) electrons. The molecule has 3 atom stereocenters. The number of phenolic OH excluding ortho intramolecular Hbond substituents is 1. The van der Waals surface area contributed by atoms with Gasteiger partial charge in [-0.3, -0.25) is 14.3 Å². The van der Waals surface area contributed by atoms with E-state index < -0.39 is 34.9 Å². The molecule has 0 saturated heterocycles. The second kappa shape index (κ2) is 13.9. The quantitative estimate of drug-likeness (QED) is 0.179. The number of rotatable bonds is 5. The van der Waals surface area contributed by atoms with Gasteiger partial charge in [0.05, 0.1) is 52.1 Å². The smallest absolute Gasteiger partial charge is 0.343 e. The van der Waals surface area contributed by atoms with E-state index >= 15 is 0 Å². The summed E-state index contributed by atoms with van der Waals surface area (Å²) in [6.45, 7) is 2.41. The molecule has 10 rings (SSSR count). The Kier molecular flexibility index (Phi) is 8.89. The zero-order valence-corrected chi connectivity index (χ0v) is 32.2. The topological polar surface area (TPSA) is 193 Å². The molecule has 17 heteroatoms. The third-order valence-electron chi connectivity index (χ3n) is 11.3. The summed E-state index contributed by atoms with van der Waals surface area (Å²) in [5.41, 5.74) is 3.33. The number of fused-ring (bicyclic) bond motifs is 5. The molecule has 3 aromatic carbocycles. The number of hydrogen-bond donors (Lipinski definition) is 4. The summed E-state index contributed by atoms with van der Waals surface area (Å²) in [6.07, 6.45) is 1.53. The maximum atomic E-state index is 14.1. The van der Waals surface area contributed by atoms with Crippen LogP contribution in [0.15, 0.2) is 76.6 Å². The lowest BCUT2D eigenvalue weighted by Crippen LogP contribution is -2.44. The number of pyridine rings is 2. The van der Waals surface area contributed by atoms with Gasteiger partial charge < -0.3 is 29.7 Å². The molecule has 7 heterocycles. The van der Waals surface area contributed by atoms with Crippen LogP contribution in [0.4, 0.5) is 14.5 Å². The van der Waals surface area contributed by atoms with Crippen molar-refractivity contribution in [2.24, 2.45) is 7.05 Å². The molecule has 4 aromatic heterocycles. The summed E-state index contributed by atoms with van der Waals surface area (Å²) >= 11 is 0. The first-order chi connectivity index (χ1) is 28.3. The van der Waals surface area contributed by atoms with Crippen molar-refractivity contribution in [1.82, 2.24) is 39.4 Å². The number of aromatic nitrogens is 7. The highest BCUT2D eigenvalue weighted by atomic mass is 19.1. The van der Waals surface area contributed by atoms with Crippen LogP contribution in [0.1, 0.15) is 64.6 Å². The summed E-state index contributed by atoms with van der Waals surface area (Å²) in [6, 6.07) is 15.2. The number of cyclic esters (lactones) is 1. The number of halogens is 2. The van der Waals surface area contributed by atoms with Gasteiger partial charge in [-0.15, -0.1) is 0 Å². The van der Waals surface area contributed by atoms with Crippen molar-refractivity contribution in [2.45, 2.75) is 50.6 Å². The van der Waals surface area contributed by atoms with Crippen LogP contribution < -0.4 is 16.4 Å². The van der Waals surface area contributed by atoms with Gasteiger partial charge in [-0.2, -0.15) is 10.2 Å². The lowest BCUT2D eigenvalue weighted by Gasteiger charge is -2.33. The predicted molar refractivity (Wildman–Crippen MR) is 212 cm³/mol. The number of aromatic hydroxyl groups is 1. The molecule has 4 N–H and O–H groups in total. The van der Waals surface area contributed by atoms with Crippen LogP contribution in [0, 0.1) is 11.6 Å². The average Bonchev–Trinajstić information content (AvgIpc) is 3.81. The first kappa shape index (κ1) is 37.7. The van der Waals surface area contributed by atoms with Crippen LogP contribution in [0.5, 0.6) is 5.75 Å². The number of phenols is 1. The van der Waals surface area contributed by atoms with Crippen LogP contribution in [0.3, 0.4) is 0 Å². The monoisotopic (exact) mass is 801 g/mol. The number of carbonyl (C=O) groups excluding carboxylic acids is 1. The highest BCUT2D eigenvalue weighted by Gasteiger charge is 2.45. The first-order valence-electron chi connectivity index (χ1n) is 18.8. The van der Waals surface area contributed by atoms with Crippen LogP contribution in [-0.4, -0.2) is 69.7 Å². The number of ether oxygens (including phenoxy) is 1. The van der Waals surface area contributed by atoms with Crippen LogP contribution in [0.2, 0.25) is 0 Å². The number of aromatic amines is 1. The molecule has 0 amide bonds. The van der Waals surface area contributed by atoms with E-state index in [4.69, 9.17) is 9.72 Å². The molecule has 0 saturated carbocycles. The molecule has 0 spiro atoms. The second-order valence-corrected chi connectivity index (χ2v) is 15.2. The van der Waals surface area contributed by atoms with Gasteiger partial charge in [-0.05, 0) is 74.6 Å². The summed E-state index contributed by atoms with van der Waals surface area (Å²) in [7, 11) is 5.61. The van der Waals surface area contributed by atoms with Crippen molar-refractivity contribution in [1.29, 1.82) is 0 Å². The minimum Gasteiger partial charge on any atom is -0.508 e. The molecule has 0 bridgehead atoms. The van der Waals surface area contributed by atoms with Gasteiger partial charge in [0.1, 0.15) is 36.1 Å². The Balaban J connectivity index is 0.000000153. The third-order valence-corrected chi connectivity index (χ3v) is 11.3. The second-order valence-electron chi connectivity index (χ2n) is 15.2. The molecule has 300 valence electrons. The number of esters is 1. The van der Waals surface area contributed by atoms with Gasteiger partial charge in [-0.25, -0.2) is 28.6 Å². The number of H-pyrrole nitrogens is 1. The standard InChI is InChI=1S/C23H23N3O5.C19H14F2N6O/c1-4-23(30)16-8-18-20-12(9-26(18)21(28)15(16)11-31-22(23)29)7-13-14(10-25(2)3)19(27)6-5-17(13)24-20;1-27-18(22-8-23-27)15-16(9-2-4-10(20)5-3-9)24-13-7-11(21)6-12-14(13)17(15)25-26-19(12)28/h5-8,27,30H,4,9-11H2,1-3H3;2-8,15-16,24H,1H3,(H,26,28)/t23-;15-,16-/m01/s1. The van der Waals surface area contributed by atoms with Gasteiger partial charge in [0.2, 0.25) is 0 Å². The molecule has 3 aliphatic heterocycles. The Morgan fingerprint density at radius 3 is 2.51 bits per heavy atom. The summed E-state index contributed by atoms with van der Waals surface area (Å²) in [5, 5.41) is 37.1. The maximum absolute atomic E-state index is 14.1. The van der Waals surface area contributed by atoms with Gasteiger partial charge in [0, 0.05) is 46.7 Å². The van der Waals surface area contributed by atoms with E-state index in [2.05, 4.69) is 25.6 Å². The highest BCUT2D eigenvalue weighted by molar-refractivity contribution is 5.97. The maximum Gasteiger partial charge on any atom is 0.343 e. The summed E-state index contributed by atoms with van der Waals surface area (Å²) in [5.74, 6) is -1.25. The molecule has 3 aliphatic rings. The van der Waals surface area contributed by atoms with E-state index in [-0.39, 0.29) is 35.5 Å². The molecule has 7 aromatic rings. The number of aryl methyl sites for hydroxylation is 1. The number of carbonyl (C=O) groups is 1. The van der Waals surface area contributed by atoms with Crippen molar-refractivity contribution in [3.05, 3.63) is 139 Å². The molecule has 0 unspecified atom stereocenters. The Labute approximate surface area is 333 Å². The van der Waals surface area contributed by atoms with E-state index in [1.807, 2.05) is 25.1 Å². The number of aliphatic hydroxyl groups is 1. The van der Waals surface area contributed by atoms with E-state index in [0.717, 1.165) is 22.1 Å². The molecular weight excluding hydrogens is 765 g/mol. The lowest BCUT2D eigenvalue weighted by molar-refractivity contribution is -0.172. The predicted octanol–water partition coefficient (Wildman–Crippen LogP) is 4.48. The minimum atomic E-state index is -1.84. The molecular formula is C42H37F2N9O6. The summed E-state index contributed by atoms with van der Waals surface area (Å²) < 4.78 is 35.9. The van der Waals surface area contributed by atoms with Gasteiger partial charge >= 0.3 is 5.97 Å². The third kappa shape index (κ3) is 6.03. The fourth-order valence-electron chi connectivity index (χ4n) is 8.42. The molecule has 0 fully saturated rings. The van der Waals surface area contributed by atoms with Gasteiger partial charge in [-0.1, -0.05) is 19.1 Å². The van der Waals surface area contributed by atoms with Crippen molar-refractivity contribution >= 4 is 33.3 Å². The fourth-order valence-corrected chi connectivity index (χ4v) is 8.42. The van der Waals surface area contributed by atoms with Crippen molar-refractivity contribution in [2.75, 3.05) is 19.4 Å².